The first-order chi connectivity index (χ1) is 12.1. The minimum absolute atomic E-state index is 0.0737. The highest BCUT2D eigenvalue weighted by Crippen LogP contribution is 2.47. The monoisotopic (exact) mass is 340 g/mol. The zero-order valence-electron chi connectivity index (χ0n) is 13.6. The van der Waals surface area contributed by atoms with Crippen molar-refractivity contribution in [2.24, 2.45) is 0 Å². The van der Waals surface area contributed by atoms with E-state index in [0.29, 0.717) is 6.54 Å². The summed E-state index contributed by atoms with van der Waals surface area (Å²) in [7, 11) is 0. The second kappa shape index (κ2) is 5.99. The predicted molar refractivity (Wildman–Crippen MR) is 92.3 cm³/mol. The highest BCUT2D eigenvalue weighted by molar-refractivity contribution is 5.89. The second-order valence-corrected chi connectivity index (χ2v) is 6.74. The van der Waals surface area contributed by atoms with E-state index >= 15 is 0 Å². The first-order valence-electron chi connectivity index (χ1n) is 8.34. The average molecular weight is 340 g/mol. The number of halogens is 2. The summed E-state index contributed by atoms with van der Waals surface area (Å²) in [4.78, 5) is 15.4. The van der Waals surface area contributed by atoms with Crippen LogP contribution in [0.25, 0.3) is 10.9 Å². The zero-order valence-corrected chi connectivity index (χ0v) is 13.6. The molecule has 3 aromatic rings. The average Bonchev–Trinajstić information content (AvgIpc) is 3.30. The number of aromatic amines is 1. The number of H-pyrrole nitrogens is 1. The van der Waals surface area contributed by atoms with Crippen molar-refractivity contribution < 1.29 is 13.6 Å². The van der Waals surface area contributed by atoms with Crippen molar-refractivity contribution in [3.8, 4) is 0 Å². The molecule has 1 aliphatic rings. The molecular weight excluding hydrogens is 322 g/mol. The fraction of sp³-hybridized carbons (Fsp3) is 0.250. The van der Waals surface area contributed by atoms with Gasteiger partial charge in [0.2, 0.25) is 5.91 Å². The maximum absolute atomic E-state index is 13.4. The van der Waals surface area contributed by atoms with Crippen LogP contribution in [0.4, 0.5) is 8.78 Å². The van der Waals surface area contributed by atoms with Crippen LogP contribution in [0, 0.1) is 11.6 Å². The van der Waals surface area contributed by atoms with Gasteiger partial charge < -0.3 is 10.3 Å². The smallest absolute Gasteiger partial charge is 0.224 e. The number of amides is 1. The third-order valence-corrected chi connectivity index (χ3v) is 5.01. The molecule has 2 N–H and O–H groups in total. The Hall–Kier alpha value is -2.69. The van der Waals surface area contributed by atoms with Crippen LogP contribution < -0.4 is 5.32 Å². The second-order valence-electron chi connectivity index (χ2n) is 6.74. The van der Waals surface area contributed by atoms with Gasteiger partial charge in [-0.15, -0.1) is 0 Å². The molecule has 1 heterocycles. The largest absolute Gasteiger partial charge is 0.361 e. The zero-order chi connectivity index (χ0) is 17.4. The molecule has 0 spiro atoms. The Balaban J connectivity index is 1.42. The number of rotatable bonds is 5. The summed E-state index contributed by atoms with van der Waals surface area (Å²) in [6.07, 6.45) is 3.91. The molecule has 4 rings (SSSR count). The number of benzene rings is 2. The van der Waals surface area contributed by atoms with Crippen LogP contribution in [0.15, 0.2) is 48.7 Å². The van der Waals surface area contributed by atoms with Gasteiger partial charge in [-0.2, -0.15) is 0 Å². The Morgan fingerprint density at radius 3 is 2.52 bits per heavy atom. The van der Waals surface area contributed by atoms with Crippen molar-refractivity contribution in [2.45, 2.75) is 24.7 Å². The minimum atomic E-state index is -0.318. The Kier molecular flexibility index (Phi) is 3.79. The fourth-order valence-electron chi connectivity index (χ4n) is 3.32. The molecule has 0 saturated heterocycles. The molecule has 0 bridgehead atoms. The highest BCUT2D eigenvalue weighted by atomic mass is 19.1. The Morgan fingerprint density at radius 1 is 1.08 bits per heavy atom. The Bertz CT molecular complexity index is 927. The van der Waals surface area contributed by atoms with E-state index in [9.17, 15) is 13.6 Å². The number of nitrogens with one attached hydrogen (secondary N) is 2. The molecule has 5 heteroatoms. The van der Waals surface area contributed by atoms with E-state index < -0.39 is 0 Å². The topological polar surface area (TPSA) is 44.9 Å². The lowest BCUT2D eigenvalue weighted by atomic mass is 9.96. The van der Waals surface area contributed by atoms with E-state index in [1.165, 1.54) is 24.3 Å². The summed E-state index contributed by atoms with van der Waals surface area (Å²) in [5.41, 5.74) is 2.58. The summed E-state index contributed by atoms with van der Waals surface area (Å²) in [6.45, 7) is 0.536. The van der Waals surface area contributed by atoms with E-state index in [2.05, 4.69) is 10.3 Å². The Morgan fingerprint density at radius 2 is 1.80 bits per heavy atom. The van der Waals surface area contributed by atoms with Gasteiger partial charge in [-0.1, -0.05) is 12.1 Å². The minimum Gasteiger partial charge on any atom is -0.361 e. The molecular formula is C20H18F2N2O. The lowest BCUT2D eigenvalue weighted by Crippen LogP contribution is -2.33. The van der Waals surface area contributed by atoms with Gasteiger partial charge in [-0.3, -0.25) is 4.79 Å². The standard InChI is InChI=1S/C20H18F2N2O/c21-15-3-1-14(2-4-15)20(7-8-20)12-24-19(25)9-13-11-23-18-6-5-16(22)10-17(13)18/h1-6,10-11,23H,7-9,12H2,(H,24,25). The van der Waals surface area contributed by atoms with Crippen LogP contribution in [-0.2, 0) is 16.6 Å². The van der Waals surface area contributed by atoms with Gasteiger partial charge in [-0.25, -0.2) is 8.78 Å². The Labute approximate surface area is 144 Å². The summed E-state index contributed by atoms with van der Waals surface area (Å²) in [5, 5.41) is 3.71. The number of hydrogen-bond acceptors (Lipinski definition) is 1. The maximum atomic E-state index is 13.4. The van der Waals surface area contributed by atoms with E-state index in [1.807, 2.05) is 0 Å². The number of aromatic nitrogens is 1. The first-order valence-corrected chi connectivity index (χ1v) is 8.34. The number of hydrogen-bond donors (Lipinski definition) is 2. The molecule has 1 fully saturated rings. The van der Waals surface area contributed by atoms with Gasteiger partial charge in [-0.05, 0) is 54.3 Å². The van der Waals surface area contributed by atoms with Gasteiger partial charge in [0.25, 0.3) is 0 Å². The summed E-state index contributed by atoms with van der Waals surface area (Å²) in [6, 6.07) is 11.0. The van der Waals surface area contributed by atoms with Crippen molar-refractivity contribution in [3.05, 3.63) is 71.4 Å². The van der Waals surface area contributed by atoms with Gasteiger partial charge in [0, 0.05) is 29.1 Å². The predicted octanol–water partition coefficient (Wildman–Crippen LogP) is 3.84. The van der Waals surface area contributed by atoms with Crippen LogP contribution >= 0.6 is 0 Å². The lowest BCUT2D eigenvalue weighted by molar-refractivity contribution is -0.120. The highest BCUT2D eigenvalue weighted by Gasteiger charge is 2.44. The molecule has 25 heavy (non-hydrogen) atoms. The third kappa shape index (κ3) is 3.14. The van der Waals surface area contributed by atoms with Crippen molar-refractivity contribution in [2.75, 3.05) is 6.54 Å². The van der Waals surface area contributed by atoms with Gasteiger partial charge in [0.05, 0.1) is 6.42 Å². The molecule has 2 aromatic carbocycles. The maximum Gasteiger partial charge on any atom is 0.224 e. The molecule has 0 radical (unpaired) electrons. The summed E-state index contributed by atoms with van der Waals surface area (Å²) < 4.78 is 26.5. The molecule has 0 aliphatic heterocycles. The quantitative estimate of drug-likeness (QED) is 0.728. The molecule has 128 valence electrons. The van der Waals surface area contributed by atoms with Crippen molar-refractivity contribution in [3.63, 3.8) is 0 Å². The van der Waals surface area contributed by atoms with Gasteiger partial charge in [0.15, 0.2) is 0 Å². The number of carbonyl (C=O) groups is 1. The van der Waals surface area contributed by atoms with E-state index in [0.717, 1.165) is 34.9 Å². The van der Waals surface area contributed by atoms with Crippen LogP contribution in [0.1, 0.15) is 24.0 Å². The fourth-order valence-corrected chi connectivity index (χ4v) is 3.32. The SMILES string of the molecule is O=C(Cc1c[nH]c2ccc(F)cc12)NCC1(c2ccc(F)cc2)CC1. The van der Waals surface area contributed by atoms with E-state index in [4.69, 9.17) is 0 Å². The van der Waals surface area contributed by atoms with Crippen molar-refractivity contribution in [1.29, 1.82) is 0 Å². The lowest BCUT2D eigenvalue weighted by Gasteiger charge is -2.16. The van der Waals surface area contributed by atoms with E-state index in [1.54, 1.807) is 24.4 Å². The molecule has 0 atom stereocenters. The van der Waals surface area contributed by atoms with Crippen LogP contribution in [0.3, 0.4) is 0 Å². The number of fused-ring (bicyclic) bond motifs is 1. The molecule has 1 aromatic heterocycles. The molecule has 3 nitrogen and oxygen atoms in total. The van der Waals surface area contributed by atoms with Crippen LogP contribution in [-0.4, -0.2) is 17.4 Å². The summed E-state index contributed by atoms with van der Waals surface area (Å²) >= 11 is 0. The normalized spacial score (nSPS) is 15.3. The molecule has 1 aliphatic carbocycles. The van der Waals surface area contributed by atoms with Crippen LogP contribution in [0.2, 0.25) is 0 Å². The first kappa shape index (κ1) is 15.8. The molecule has 1 saturated carbocycles. The van der Waals surface area contributed by atoms with Gasteiger partial charge >= 0.3 is 0 Å². The molecule has 1 amide bonds. The van der Waals surface area contributed by atoms with E-state index in [-0.39, 0.29) is 29.4 Å². The van der Waals surface area contributed by atoms with Crippen LogP contribution in [0.5, 0.6) is 0 Å². The third-order valence-electron chi connectivity index (χ3n) is 5.01. The number of carbonyl (C=O) groups excluding carboxylic acids is 1. The molecule has 0 unspecified atom stereocenters. The van der Waals surface area contributed by atoms with Crippen molar-refractivity contribution >= 4 is 16.8 Å². The van der Waals surface area contributed by atoms with Crippen molar-refractivity contribution in [1.82, 2.24) is 10.3 Å². The summed E-state index contributed by atoms with van der Waals surface area (Å²) in [5.74, 6) is -0.671. The van der Waals surface area contributed by atoms with Gasteiger partial charge in [0.1, 0.15) is 11.6 Å².